The number of halogens is 1. The molecule has 10 heteroatoms. The fraction of sp³-hybridized carbons (Fsp3) is 0.154. The van der Waals surface area contributed by atoms with Crippen LogP contribution in [0, 0.1) is 6.92 Å². The highest BCUT2D eigenvalue weighted by molar-refractivity contribution is 7.99. The summed E-state index contributed by atoms with van der Waals surface area (Å²) in [5.74, 6) is 0.737. The number of ether oxygens (including phenoxy) is 1. The lowest BCUT2D eigenvalue weighted by atomic mass is 10.2. The van der Waals surface area contributed by atoms with Gasteiger partial charge in [-0.25, -0.2) is 0 Å². The molecular weight excluding hydrogens is 498 g/mol. The first-order valence-corrected chi connectivity index (χ1v) is 12.4. The second kappa shape index (κ2) is 11.3. The Labute approximate surface area is 218 Å². The van der Waals surface area contributed by atoms with Gasteiger partial charge in [0.2, 0.25) is 11.8 Å². The molecule has 0 aliphatic carbocycles. The zero-order chi connectivity index (χ0) is 25.7. The van der Waals surface area contributed by atoms with Gasteiger partial charge in [0.15, 0.2) is 11.0 Å². The lowest BCUT2D eigenvalue weighted by molar-refractivity contribution is -0.114. The van der Waals surface area contributed by atoms with Gasteiger partial charge in [-0.2, -0.15) is 0 Å². The van der Waals surface area contributed by atoms with Gasteiger partial charge in [-0.15, -0.1) is 10.2 Å². The number of aryl methyl sites for hydroxylation is 1. The summed E-state index contributed by atoms with van der Waals surface area (Å²) < 4.78 is 7.26. The van der Waals surface area contributed by atoms with Crippen molar-refractivity contribution in [1.82, 2.24) is 14.8 Å². The molecule has 36 heavy (non-hydrogen) atoms. The molecule has 4 aromatic rings. The van der Waals surface area contributed by atoms with Crippen molar-refractivity contribution in [1.29, 1.82) is 0 Å². The predicted octanol–water partition coefficient (Wildman–Crippen LogP) is 5.59. The van der Waals surface area contributed by atoms with E-state index in [0.717, 1.165) is 16.8 Å². The molecule has 0 atom stereocenters. The molecule has 8 nitrogen and oxygen atoms in total. The first-order chi connectivity index (χ1) is 17.3. The lowest BCUT2D eigenvalue weighted by Gasteiger charge is -2.13. The molecule has 2 amide bonds. The maximum absolute atomic E-state index is 12.8. The van der Waals surface area contributed by atoms with Crippen molar-refractivity contribution in [3.8, 4) is 22.8 Å². The topological polar surface area (TPSA) is 98.1 Å². The molecule has 0 aliphatic rings. The Morgan fingerprint density at radius 3 is 2.39 bits per heavy atom. The summed E-state index contributed by atoms with van der Waals surface area (Å²) >= 11 is 7.33. The zero-order valence-corrected chi connectivity index (χ0v) is 21.5. The number of hydrogen-bond acceptors (Lipinski definition) is 6. The summed E-state index contributed by atoms with van der Waals surface area (Å²) in [6.45, 7) is 3.44. The van der Waals surface area contributed by atoms with Crippen LogP contribution >= 0.6 is 23.4 Å². The van der Waals surface area contributed by atoms with Crippen molar-refractivity contribution in [3.63, 3.8) is 0 Å². The van der Waals surface area contributed by atoms with E-state index in [4.69, 9.17) is 16.3 Å². The second-order valence-corrected chi connectivity index (χ2v) is 9.30. The summed E-state index contributed by atoms with van der Waals surface area (Å²) in [4.78, 5) is 24.2. The van der Waals surface area contributed by atoms with Crippen LogP contribution in [0.2, 0.25) is 5.02 Å². The predicted molar refractivity (Wildman–Crippen MR) is 143 cm³/mol. The van der Waals surface area contributed by atoms with E-state index in [2.05, 4.69) is 20.8 Å². The number of thioether (sulfide) groups is 1. The number of benzene rings is 3. The number of nitrogens with zero attached hydrogens (tertiary/aromatic N) is 3. The third-order valence-electron chi connectivity index (χ3n) is 5.15. The standard InChI is InChI=1S/C26H24ClN5O3S/c1-16-4-11-21(12-5-16)32-25(18-6-8-19(27)9-7-18)30-31-26(32)36-15-24(34)29-22-14-20(28-17(2)33)10-13-23(22)35-3/h4-14H,15H2,1-3H3,(H,28,33)(H,29,34). The molecule has 1 heterocycles. The maximum atomic E-state index is 12.8. The monoisotopic (exact) mass is 521 g/mol. The van der Waals surface area contributed by atoms with Crippen LogP contribution in [0.15, 0.2) is 71.9 Å². The molecule has 3 aromatic carbocycles. The molecule has 2 N–H and O–H groups in total. The maximum Gasteiger partial charge on any atom is 0.234 e. The average Bonchev–Trinajstić information content (AvgIpc) is 3.27. The molecule has 1 aromatic heterocycles. The number of rotatable bonds is 8. The number of methoxy groups -OCH3 is 1. The number of anilines is 2. The largest absolute Gasteiger partial charge is 0.495 e. The Morgan fingerprint density at radius 2 is 1.72 bits per heavy atom. The summed E-state index contributed by atoms with van der Waals surface area (Å²) in [6.07, 6.45) is 0. The van der Waals surface area contributed by atoms with Crippen LogP contribution in [-0.4, -0.2) is 39.4 Å². The third-order valence-corrected chi connectivity index (χ3v) is 6.34. The molecule has 0 radical (unpaired) electrons. The van der Waals surface area contributed by atoms with Crippen LogP contribution in [0.1, 0.15) is 12.5 Å². The third kappa shape index (κ3) is 6.05. The van der Waals surface area contributed by atoms with Crippen molar-refractivity contribution < 1.29 is 14.3 Å². The molecule has 0 spiro atoms. The van der Waals surface area contributed by atoms with Crippen molar-refractivity contribution in [2.75, 3.05) is 23.5 Å². The molecule has 4 rings (SSSR count). The van der Waals surface area contributed by atoms with Crippen LogP contribution in [0.3, 0.4) is 0 Å². The normalized spacial score (nSPS) is 10.7. The quantitative estimate of drug-likeness (QED) is 0.293. The van der Waals surface area contributed by atoms with E-state index >= 15 is 0 Å². The molecule has 0 saturated heterocycles. The molecule has 0 saturated carbocycles. The summed E-state index contributed by atoms with van der Waals surface area (Å²) in [5.41, 5.74) is 3.87. The van der Waals surface area contributed by atoms with E-state index < -0.39 is 0 Å². The van der Waals surface area contributed by atoms with Crippen LogP contribution in [0.4, 0.5) is 11.4 Å². The number of amides is 2. The molecule has 0 fully saturated rings. The molecule has 0 unspecified atom stereocenters. The first kappa shape index (κ1) is 25.3. The van der Waals surface area contributed by atoms with E-state index in [1.807, 2.05) is 47.9 Å². The SMILES string of the molecule is COc1ccc(NC(C)=O)cc1NC(=O)CSc1nnc(-c2ccc(Cl)cc2)n1-c1ccc(C)cc1. The van der Waals surface area contributed by atoms with Gasteiger partial charge in [-0.3, -0.25) is 14.2 Å². The number of carbonyl (C=O) groups is 2. The Kier molecular flexibility index (Phi) is 7.92. The van der Waals surface area contributed by atoms with Crippen LogP contribution in [-0.2, 0) is 9.59 Å². The summed E-state index contributed by atoms with van der Waals surface area (Å²) in [5, 5.41) is 15.5. The Hall–Kier alpha value is -3.82. The molecular formula is C26H24ClN5O3S. The van der Waals surface area contributed by atoms with Gasteiger partial charge in [0.05, 0.1) is 18.6 Å². The Bertz CT molecular complexity index is 1390. The number of hydrogen-bond donors (Lipinski definition) is 2. The number of nitrogens with one attached hydrogen (secondary N) is 2. The van der Waals surface area contributed by atoms with E-state index in [0.29, 0.717) is 33.1 Å². The minimum atomic E-state index is -0.259. The Balaban J connectivity index is 1.57. The first-order valence-electron chi connectivity index (χ1n) is 11.0. The van der Waals surface area contributed by atoms with E-state index in [-0.39, 0.29) is 17.6 Å². The van der Waals surface area contributed by atoms with E-state index in [1.54, 1.807) is 30.3 Å². The minimum absolute atomic E-state index is 0.0815. The van der Waals surface area contributed by atoms with Crippen LogP contribution in [0.5, 0.6) is 5.75 Å². The number of aromatic nitrogens is 3. The van der Waals surface area contributed by atoms with Crippen molar-refractivity contribution in [2.45, 2.75) is 19.0 Å². The van der Waals surface area contributed by atoms with Gasteiger partial charge in [-0.05, 0) is 61.5 Å². The van der Waals surface area contributed by atoms with E-state index in [9.17, 15) is 9.59 Å². The minimum Gasteiger partial charge on any atom is -0.495 e. The van der Waals surface area contributed by atoms with Crippen molar-refractivity contribution >= 4 is 46.6 Å². The van der Waals surface area contributed by atoms with Crippen LogP contribution in [0.25, 0.3) is 17.1 Å². The average molecular weight is 522 g/mol. The molecule has 0 aliphatic heterocycles. The summed E-state index contributed by atoms with van der Waals surface area (Å²) in [6, 6.07) is 20.4. The van der Waals surface area contributed by atoms with E-state index in [1.165, 1.54) is 25.8 Å². The highest BCUT2D eigenvalue weighted by Gasteiger charge is 2.18. The second-order valence-electron chi connectivity index (χ2n) is 7.92. The van der Waals surface area contributed by atoms with Gasteiger partial charge in [-0.1, -0.05) is 41.1 Å². The van der Waals surface area contributed by atoms with Crippen LogP contribution < -0.4 is 15.4 Å². The lowest BCUT2D eigenvalue weighted by Crippen LogP contribution is -2.16. The van der Waals surface area contributed by atoms with Gasteiger partial charge in [0.1, 0.15) is 5.75 Å². The fourth-order valence-electron chi connectivity index (χ4n) is 3.48. The van der Waals surface area contributed by atoms with Crippen molar-refractivity contribution in [3.05, 3.63) is 77.3 Å². The van der Waals surface area contributed by atoms with Gasteiger partial charge in [0.25, 0.3) is 0 Å². The van der Waals surface area contributed by atoms with Crippen molar-refractivity contribution in [2.24, 2.45) is 0 Å². The fourth-order valence-corrected chi connectivity index (χ4v) is 4.36. The smallest absolute Gasteiger partial charge is 0.234 e. The number of carbonyl (C=O) groups excluding carboxylic acids is 2. The van der Waals surface area contributed by atoms with Gasteiger partial charge in [0, 0.05) is 28.9 Å². The highest BCUT2D eigenvalue weighted by Crippen LogP contribution is 2.31. The molecule has 184 valence electrons. The summed E-state index contributed by atoms with van der Waals surface area (Å²) in [7, 11) is 1.51. The Morgan fingerprint density at radius 1 is 1.00 bits per heavy atom. The van der Waals surface area contributed by atoms with Gasteiger partial charge >= 0.3 is 0 Å². The van der Waals surface area contributed by atoms with Gasteiger partial charge < -0.3 is 15.4 Å². The highest BCUT2D eigenvalue weighted by atomic mass is 35.5. The molecule has 0 bridgehead atoms. The zero-order valence-electron chi connectivity index (χ0n) is 19.9.